The van der Waals surface area contributed by atoms with Crippen LogP contribution in [-0.4, -0.2) is 54.4 Å². The molecule has 6 nitrogen and oxygen atoms in total. The topological polar surface area (TPSA) is 69.3 Å². The molecule has 1 aromatic heterocycles. The molecule has 102 valence electrons. The second kappa shape index (κ2) is 4.99. The van der Waals surface area contributed by atoms with Crippen LogP contribution >= 0.6 is 0 Å². The van der Waals surface area contributed by atoms with Crippen molar-refractivity contribution in [2.45, 2.75) is 25.7 Å². The number of hydrogen-bond acceptors (Lipinski definition) is 3. The summed E-state index contributed by atoms with van der Waals surface area (Å²) in [7, 11) is -0.122. The number of aromatic nitrogens is 2. The SMILES string of the molecule is Cc1cn[nH]c1C1CCN(S(=O)(=O)N(C)C)CC1. The molecule has 0 amide bonds. The number of H-pyrrole nitrogens is 1. The predicted octanol–water partition coefficient (Wildman–Crippen LogP) is 0.704. The monoisotopic (exact) mass is 272 g/mol. The van der Waals surface area contributed by atoms with Crippen molar-refractivity contribution in [1.82, 2.24) is 18.8 Å². The van der Waals surface area contributed by atoms with Crippen molar-refractivity contribution in [3.8, 4) is 0 Å². The first-order valence-electron chi connectivity index (χ1n) is 6.10. The van der Waals surface area contributed by atoms with E-state index in [9.17, 15) is 8.42 Å². The van der Waals surface area contributed by atoms with Crippen LogP contribution in [0, 0.1) is 6.92 Å². The predicted molar refractivity (Wildman–Crippen MR) is 69.5 cm³/mol. The molecule has 1 aliphatic rings. The molecule has 0 bridgehead atoms. The molecular weight excluding hydrogens is 252 g/mol. The zero-order valence-corrected chi connectivity index (χ0v) is 11.9. The third-order valence-corrected chi connectivity index (χ3v) is 5.46. The fourth-order valence-corrected chi connectivity index (χ4v) is 3.51. The molecule has 0 aromatic carbocycles. The molecule has 1 fully saturated rings. The van der Waals surface area contributed by atoms with Gasteiger partial charge in [-0.3, -0.25) is 5.10 Å². The molecule has 0 unspecified atom stereocenters. The Labute approximate surface area is 108 Å². The van der Waals surface area contributed by atoms with Gasteiger partial charge in [0.1, 0.15) is 0 Å². The summed E-state index contributed by atoms with van der Waals surface area (Å²) < 4.78 is 26.8. The first-order valence-corrected chi connectivity index (χ1v) is 7.50. The van der Waals surface area contributed by atoms with Crippen LogP contribution in [0.4, 0.5) is 0 Å². The van der Waals surface area contributed by atoms with Gasteiger partial charge in [0.05, 0.1) is 6.20 Å². The summed E-state index contributed by atoms with van der Waals surface area (Å²) >= 11 is 0. The van der Waals surface area contributed by atoms with Gasteiger partial charge in [-0.2, -0.15) is 22.1 Å². The van der Waals surface area contributed by atoms with Gasteiger partial charge in [-0.25, -0.2) is 0 Å². The van der Waals surface area contributed by atoms with Gasteiger partial charge in [0.15, 0.2) is 0 Å². The summed E-state index contributed by atoms with van der Waals surface area (Å²) in [5.74, 6) is 0.390. The van der Waals surface area contributed by atoms with E-state index < -0.39 is 10.2 Å². The Morgan fingerprint density at radius 2 is 2.00 bits per heavy atom. The largest absolute Gasteiger partial charge is 0.282 e. The van der Waals surface area contributed by atoms with Gasteiger partial charge in [0.25, 0.3) is 10.2 Å². The maximum atomic E-state index is 12.0. The van der Waals surface area contributed by atoms with Gasteiger partial charge >= 0.3 is 0 Å². The van der Waals surface area contributed by atoms with Crippen LogP contribution in [0.3, 0.4) is 0 Å². The molecular formula is C11H20N4O2S. The molecule has 0 atom stereocenters. The van der Waals surface area contributed by atoms with E-state index in [2.05, 4.69) is 10.2 Å². The first-order chi connectivity index (χ1) is 8.43. The fraction of sp³-hybridized carbons (Fsp3) is 0.727. The Hall–Kier alpha value is -0.920. The second-order valence-corrected chi connectivity index (χ2v) is 7.07. The number of hydrogen-bond donors (Lipinski definition) is 1. The molecule has 7 heteroatoms. The minimum Gasteiger partial charge on any atom is -0.282 e. The van der Waals surface area contributed by atoms with Crippen molar-refractivity contribution in [3.63, 3.8) is 0 Å². The smallest absolute Gasteiger partial charge is 0.281 e. The maximum absolute atomic E-state index is 12.0. The maximum Gasteiger partial charge on any atom is 0.281 e. The van der Waals surface area contributed by atoms with Crippen molar-refractivity contribution in [3.05, 3.63) is 17.5 Å². The Balaban J connectivity index is 2.03. The van der Waals surface area contributed by atoms with Crippen LogP contribution in [0.1, 0.15) is 30.0 Å². The van der Waals surface area contributed by atoms with E-state index >= 15 is 0 Å². The number of nitrogens with zero attached hydrogens (tertiary/aromatic N) is 3. The average Bonchev–Trinajstić information content (AvgIpc) is 2.75. The highest BCUT2D eigenvalue weighted by molar-refractivity contribution is 7.86. The summed E-state index contributed by atoms with van der Waals surface area (Å²) in [6.45, 7) is 3.18. The molecule has 1 saturated heterocycles. The Morgan fingerprint density at radius 1 is 1.39 bits per heavy atom. The summed E-state index contributed by atoms with van der Waals surface area (Å²) in [5, 5.41) is 7.05. The molecule has 2 heterocycles. The first kappa shape index (κ1) is 13.5. The van der Waals surface area contributed by atoms with Crippen LogP contribution < -0.4 is 0 Å². The minimum absolute atomic E-state index is 0.390. The highest BCUT2D eigenvalue weighted by Crippen LogP contribution is 2.29. The lowest BCUT2D eigenvalue weighted by Crippen LogP contribution is -2.44. The van der Waals surface area contributed by atoms with E-state index in [0.717, 1.165) is 24.1 Å². The van der Waals surface area contributed by atoms with Crippen molar-refractivity contribution in [2.24, 2.45) is 0 Å². The molecule has 0 saturated carbocycles. The Kier molecular flexibility index (Phi) is 3.74. The fourth-order valence-electron chi connectivity index (χ4n) is 2.38. The van der Waals surface area contributed by atoms with Gasteiger partial charge in [0.2, 0.25) is 0 Å². The molecule has 0 radical (unpaired) electrons. The normalized spacial score (nSPS) is 19.6. The average molecular weight is 272 g/mol. The van der Waals surface area contributed by atoms with Crippen molar-refractivity contribution in [1.29, 1.82) is 0 Å². The van der Waals surface area contributed by atoms with E-state index in [1.54, 1.807) is 18.4 Å². The third-order valence-electron chi connectivity index (χ3n) is 3.52. The number of piperidine rings is 1. The van der Waals surface area contributed by atoms with Gasteiger partial charge in [-0.1, -0.05) is 0 Å². The lowest BCUT2D eigenvalue weighted by molar-refractivity contribution is 0.299. The second-order valence-electron chi connectivity index (χ2n) is 4.93. The van der Waals surface area contributed by atoms with Gasteiger partial charge < -0.3 is 0 Å². The van der Waals surface area contributed by atoms with Gasteiger partial charge in [-0.05, 0) is 25.3 Å². The molecule has 18 heavy (non-hydrogen) atoms. The number of rotatable bonds is 3. The standard InChI is InChI=1S/C11H20N4O2S/c1-9-8-12-13-11(9)10-4-6-15(7-5-10)18(16,17)14(2)3/h8,10H,4-7H2,1-3H3,(H,12,13). The highest BCUT2D eigenvalue weighted by atomic mass is 32.2. The van der Waals surface area contributed by atoms with E-state index in [1.165, 1.54) is 4.31 Å². The van der Waals surface area contributed by atoms with Crippen LogP contribution in [0.5, 0.6) is 0 Å². The van der Waals surface area contributed by atoms with Gasteiger partial charge in [0, 0.05) is 38.8 Å². The Morgan fingerprint density at radius 3 is 2.44 bits per heavy atom. The summed E-state index contributed by atoms with van der Waals surface area (Å²) in [6.07, 6.45) is 3.50. The zero-order chi connectivity index (χ0) is 13.3. The van der Waals surface area contributed by atoms with Crippen molar-refractivity contribution >= 4 is 10.2 Å². The summed E-state index contributed by atoms with van der Waals surface area (Å²) in [4.78, 5) is 0. The number of aromatic amines is 1. The molecule has 0 spiro atoms. The third kappa shape index (κ3) is 2.43. The number of aryl methyl sites for hydroxylation is 1. The molecule has 2 rings (SSSR count). The van der Waals surface area contributed by atoms with Crippen LogP contribution in [0.15, 0.2) is 6.20 Å². The Bertz CT molecular complexity index is 501. The van der Waals surface area contributed by atoms with Crippen molar-refractivity contribution in [2.75, 3.05) is 27.2 Å². The van der Waals surface area contributed by atoms with Gasteiger partial charge in [-0.15, -0.1) is 0 Å². The van der Waals surface area contributed by atoms with E-state index in [4.69, 9.17) is 0 Å². The lowest BCUT2D eigenvalue weighted by Gasteiger charge is -2.32. The molecule has 0 aliphatic carbocycles. The molecule has 1 aromatic rings. The quantitative estimate of drug-likeness (QED) is 0.881. The van der Waals surface area contributed by atoms with Crippen LogP contribution in [0.2, 0.25) is 0 Å². The van der Waals surface area contributed by atoms with E-state index in [-0.39, 0.29) is 0 Å². The van der Waals surface area contributed by atoms with E-state index in [0.29, 0.717) is 19.0 Å². The lowest BCUT2D eigenvalue weighted by atomic mass is 9.93. The van der Waals surface area contributed by atoms with Crippen LogP contribution in [-0.2, 0) is 10.2 Å². The minimum atomic E-state index is -3.26. The molecule has 1 N–H and O–H groups in total. The molecule has 1 aliphatic heterocycles. The van der Waals surface area contributed by atoms with Crippen LogP contribution in [0.25, 0.3) is 0 Å². The zero-order valence-electron chi connectivity index (χ0n) is 11.0. The number of nitrogens with one attached hydrogen (secondary N) is 1. The van der Waals surface area contributed by atoms with E-state index in [1.807, 2.05) is 13.1 Å². The highest BCUT2D eigenvalue weighted by Gasteiger charge is 2.30. The summed E-state index contributed by atoms with van der Waals surface area (Å²) in [5.41, 5.74) is 2.31. The van der Waals surface area contributed by atoms with Crippen molar-refractivity contribution < 1.29 is 8.42 Å². The summed E-state index contributed by atoms with van der Waals surface area (Å²) in [6, 6.07) is 0.